The van der Waals surface area contributed by atoms with Gasteiger partial charge in [0.2, 0.25) is 0 Å². The van der Waals surface area contributed by atoms with Crippen molar-refractivity contribution in [3.05, 3.63) is 95.5 Å². The van der Waals surface area contributed by atoms with Crippen LogP contribution in [0.25, 0.3) is 11.0 Å². The highest BCUT2D eigenvalue weighted by atomic mass is 35.5. The van der Waals surface area contributed by atoms with E-state index in [4.69, 9.17) is 25.8 Å². The molecule has 186 valence electrons. The summed E-state index contributed by atoms with van der Waals surface area (Å²) >= 11 is 6.22. The van der Waals surface area contributed by atoms with Crippen molar-refractivity contribution in [1.82, 2.24) is 14.5 Å². The van der Waals surface area contributed by atoms with Gasteiger partial charge in [0.1, 0.15) is 35.3 Å². The smallest absolute Gasteiger partial charge is 0.338 e. The number of halogens is 1. The maximum absolute atomic E-state index is 13.0. The Morgan fingerprint density at radius 2 is 1.70 bits per heavy atom. The molecule has 9 nitrogen and oxygen atoms in total. The first kappa shape index (κ1) is 24.4. The lowest BCUT2D eigenvalue weighted by atomic mass is 9.83. The zero-order valence-corrected chi connectivity index (χ0v) is 20.4. The molecule has 0 aliphatic carbocycles. The molecular formula is C27H21ClN4O5. The van der Waals surface area contributed by atoms with Gasteiger partial charge in [-0.2, -0.15) is 5.26 Å². The first-order valence-corrected chi connectivity index (χ1v) is 11.8. The van der Waals surface area contributed by atoms with Gasteiger partial charge in [-0.05, 0) is 37.3 Å². The van der Waals surface area contributed by atoms with Crippen LogP contribution < -0.4 is 0 Å². The van der Waals surface area contributed by atoms with Crippen molar-refractivity contribution in [1.29, 1.82) is 5.26 Å². The van der Waals surface area contributed by atoms with E-state index in [-0.39, 0.29) is 11.8 Å². The van der Waals surface area contributed by atoms with Crippen molar-refractivity contribution in [3.8, 4) is 6.07 Å². The fraction of sp³-hybridized carbons (Fsp3) is 0.222. The topological polar surface area (TPSA) is 116 Å². The molecule has 3 heterocycles. The van der Waals surface area contributed by atoms with Gasteiger partial charge in [0.25, 0.3) is 0 Å². The number of nitriles is 1. The number of esters is 2. The third-order valence-electron chi connectivity index (χ3n) is 6.33. The molecule has 2 aromatic carbocycles. The Labute approximate surface area is 217 Å². The minimum atomic E-state index is -1.38. The molecule has 5 rings (SSSR count). The summed E-state index contributed by atoms with van der Waals surface area (Å²) in [5.74, 6) is -1.19. The van der Waals surface area contributed by atoms with Crippen molar-refractivity contribution in [2.45, 2.75) is 25.4 Å². The molecule has 10 heteroatoms. The summed E-state index contributed by atoms with van der Waals surface area (Å²) in [6.07, 6.45) is 0.0411. The van der Waals surface area contributed by atoms with Crippen molar-refractivity contribution in [2.24, 2.45) is 5.41 Å². The van der Waals surface area contributed by atoms with Crippen LogP contribution in [-0.4, -0.2) is 45.3 Å². The van der Waals surface area contributed by atoms with Crippen LogP contribution in [0.3, 0.4) is 0 Å². The van der Waals surface area contributed by atoms with Crippen molar-refractivity contribution in [2.75, 3.05) is 6.61 Å². The van der Waals surface area contributed by atoms with Crippen LogP contribution in [0.2, 0.25) is 5.15 Å². The number of benzene rings is 2. The first-order chi connectivity index (χ1) is 17.9. The lowest BCUT2D eigenvalue weighted by molar-refractivity contribution is -0.0571. The van der Waals surface area contributed by atoms with Gasteiger partial charge >= 0.3 is 11.9 Å². The second-order valence-corrected chi connectivity index (χ2v) is 9.06. The lowest BCUT2D eigenvalue weighted by Gasteiger charge is -2.29. The molecule has 0 N–H and O–H groups in total. The van der Waals surface area contributed by atoms with E-state index in [1.807, 2.05) is 0 Å². The van der Waals surface area contributed by atoms with E-state index in [1.165, 1.54) is 6.33 Å². The van der Waals surface area contributed by atoms with E-state index in [2.05, 4.69) is 16.0 Å². The monoisotopic (exact) mass is 516 g/mol. The van der Waals surface area contributed by atoms with E-state index < -0.39 is 35.8 Å². The normalized spacial score (nSPS) is 22.9. The number of carbonyl (C=O) groups is 2. The Morgan fingerprint density at radius 1 is 1.05 bits per heavy atom. The predicted octanol–water partition coefficient (Wildman–Crippen LogP) is 4.59. The molecule has 4 aromatic rings. The fourth-order valence-corrected chi connectivity index (χ4v) is 4.60. The maximum atomic E-state index is 13.0. The van der Waals surface area contributed by atoms with E-state index in [0.29, 0.717) is 22.2 Å². The third-order valence-corrected chi connectivity index (χ3v) is 6.63. The average molecular weight is 517 g/mol. The largest absolute Gasteiger partial charge is 0.459 e. The number of nitrogens with zero attached hydrogens (tertiary/aromatic N) is 4. The van der Waals surface area contributed by atoms with Crippen LogP contribution in [0.5, 0.6) is 0 Å². The van der Waals surface area contributed by atoms with Gasteiger partial charge in [-0.15, -0.1) is 0 Å². The Hall–Kier alpha value is -4.26. The molecule has 0 amide bonds. The van der Waals surface area contributed by atoms with Gasteiger partial charge in [-0.3, -0.25) is 0 Å². The minimum absolute atomic E-state index is 0.247. The molecule has 0 radical (unpaired) electrons. The van der Waals surface area contributed by atoms with Crippen molar-refractivity contribution >= 4 is 34.6 Å². The number of aromatic nitrogens is 3. The van der Waals surface area contributed by atoms with Crippen LogP contribution in [0, 0.1) is 16.7 Å². The molecule has 0 saturated carbocycles. The highest BCUT2D eigenvalue weighted by Gasteiger charge is 2.58. The molecule has 2 aromatic heterocycles. The van der Waals surface area contributed by atoms with E-state index in [0.717, 1.165) is 0 Å². The fourth-order valence-electron chi connectivity index (χ4n) is 4.41. The Kier molecular flexibility index (Phi) is 6.61. The second kappa shape index (κ2) is 10.0. The number of rotatable bonds is 6. The van der Waals surface area contributed by atoms with Gasteiger partial charge in [0, 0.05) is 6.20 Å². The zero-order chi connectivity index (χ0) is 26.0. The van der Waals surface area contributed by atoms with Crippen LogP contribution in [0.15, 0.2) is 79.3 Å². The number of carbonyl (C=O) groups excluding carboxylic acids is 2. The number of hydrogen-bond donors (Lipinski definition) is 0. The van der Waals surface area contributed by atoms with Gasteiger partial charge in [-0.1, -0.05) is 48.0 Å². The Morgan fingerprint density at radius 3 is 2.35 bits per heavy atom. The van der Waals surface area contributed by atoms with Crippen molar-refractivity contribution < 1.29 is 23.8 Å². The number of ether oxygens (including phenoxy) is 3. The van der Waals surface area contributed by atoms with Crippen molar-refractivity contribution in [3.63, 3.8) is 0 Å². The second-order valence-electron chi connectivity index (χ2n) is 8.70. The maximum Gasteiger partial charge on any atom is 0.338 e. The SMILES string of the molecule is C[C@@]1(C#N)[C@H](OC(=O)c2ccccc2)[C@@H](COC(=O)c2ccccc2)O[C@H]1n1ccc2c(Cl)ncnc21. The molecule has 4 atom stereocenters. The summed E-state index contributed by atoms with van der Waals surface area (Å²) < 4.78 is 19.3. The zero-order valence-electron chi connectivity index (χ0n) is 19.7. The average Bonchev–Trinajstić information content (AvgIpc) is 3.48. The van der Waals surface area contributed by atoms with Crippen LogP contribution in [0.1, 0.15) is 33.9 Å². The summed E-state index contributed by atoms with van der Waals surface area (Å²) in [5.41, 5.74) is -0.253. The molecule has 37 heavy (non-hydrogen) atoms. The summed E-state index contributed by atoms with van der Waals surface area (Å²) in [6.45, 7) is 1.39. The van der Waals surface area contributed by atoms with Gasteiger partial charge in [0.15, 0.2) is 12.3 Å². The summed E-state index contributed by atoms with van der Waals surface area (Å²) in [6, 6.07) is 20.9. The van der Waals surface area contributed by atoms with Gasteiger partial charge in [-0.25, -0.2) is 19.6 Å². The molecule has 1 aliphatic rings. The molecule has 0 bridgehead atoms. The highest BCUT2D eigenvalue weighted by molar-refractivity contribution is 6.33. The predicted molar refractivity (Wildman–Crippen MR) is 133 cm³/mol. The molecule has 1 aliphatic heterocycles. The van der Waals surface area contributed by atoms with Crippen LogP contribution >= 0.6 is 11.6 Å². The summed E-state index contributed by atoms with van der Waals surface area (Å²) in [4.78, 5) is 33.9. The molecule has 0 spiro atoms. The molecule has 1 fully saturated rings. The molecular weight excluding hydrogens is 496 g/mol. The van der Waals surface area contributed by atoms with E-state index in [1.54, 1.807) is 84.4 Å². The van der Waals surface area contributed by atoms with E-state index in [9.17, 15) is 14.9 Å². The first-order valence-electron chi connectivity index (χ1n) is 11.4. The van der Waals surface area contributed by atoms with Gasteiger partial charge < -0.3 is 18.8 Å². The quantitative estimate of drug-likeness (QED) is 0.270. The Bertz CT molecular complexity index is 1490. The number of fused-ring (bicyclic) bond motifs is 1. The van der Waals surface area contributed by atoms with Gasteiger partial charge in [0.05, 0.1) is 22.6 Å². The molecule has 1 saturated heterocycles. The standard InChI is InChI=1S/C27H21ClN4O5/c1-27(15-29)21(37-25(34)18-10-6-3-7-11-18)20(14-35-24(33)17-8-4-2-5-9-17)36-26(27)32-13-12-19-22(28)30-16-31-23(19)32/h2-13,16,20-21,26H,14H2,1H3/t20-,21-,26-,27-/m1/s1. The van der Waals surface area contributed by atoms with Crippen LogP contribution in [0.4, 0.5) is 0 Å². The summed E-state index contributed by atoms with van der Waals surface area (Å²) in [5, 5.41) is 11.2. The minimum Gasteiger partial charge on any atom is -0.459 e. The Balaban J connectivity index is 1.49. The molecule has 0 unspecified atom stereocenters. The number of hydrogen-bond acceptors (Lipinski definition) is 8. The third kappa shape index (κ3) is 4.53. The van der Waals surface area contributed by atoms with E-state index >= 15 is 0 Å². The highest BCUT2D eigenvalue weighted by Crippen LogP contribution is 2.48. The summed E-state index contributed by atoms with van der Waals surface area (Å²) in [7, 11) is 0. The lowest BCUT2D eigenvalue weighted by Crippen LogP contribution is -2.41. The van der Waals surface area contributed by atoms with Crippen LogP contribution in [-0.2, 0) is 14.2 Å².